The summed E-state index contributed by atoms with van der Waals surface area (Å²) in [5.74, 6) is 1.93. The van der Waals surface area contributed by atoms with Crippen LogP contribution in [0.4, 0.5) is 0 Å². The summed E-state index contributed by atoms with van der Waals surface area (Å²) in [5.41, 5.74) is 2.14. The van der Waals surface area contributed by atoms with Gasteiger partial charge >= 0.3 is 0 Å². The van der Waals surface area contributed by atoms with E-state index in [0.717, 1.165) is 35.3 Å². The average Bonchev–Trinajstić information content (AvgIpc) is 3.46. The largest absolute Gasteiger partial charge is 0.354 e. The molecule has 3 aromatic heterocycles. The highest BCUT2D eigenvalue weighted by molar-refractivity contribution is 7.17. The third-order valence-corrected chi connectivity index (χ3v) is 7.02. The minimum atomic E-state index is 0.000896. The molecule has 4 rings (SSSR count). The Morgan fingerprint density at radius 1 is 1.06 bits per heavy atom. The van der Waals surface area contributed by atoms with E-state index in [1.165, 1.54) is 16.9 Å². The molecule has 0 spiro atoms. The van der Waals surface area contributed by atoms with Crippen LogP contribution in [0.3, 0.4) is 0 Å². The van der Waals surface area contributed by atoms with Crippen molar-refractivity contribution >= 4 is 33.2 Å². The molecule has 0 unspecified atom stereocenters. The van der Waals surface area contributed by atoms with Crippen LogP contribution in [0.25, 0.3) is 16.0 Å². The average molecular weight is 480 g/mol. The van der Waals surface area contributed by atoms with Gasteiger partial charge in [-0.1, -0.05) is 44.2 Å². The first-order valence-electron chi connectivity index (χ1n) is 12.1. The highest BCUT2D eigenvalue weighted by atomic mass is 32.1. The standard InChI is InChI=1S/C26H33N5O2S/c1-18(2)14-16-30-25(33)24-21(15-17-34-24)31-22(28-29-26(30)31)10-7-11-23(32)27-19(3)12-13-20-8-5-4-6-9-20/h4-6,8-9,15,17-19H,7,10-14,16H2,1-3H3,(H,27,32)/t19-/m0/s1. The van der Waals surface area contributed by atoms with Crippen LogP contribution in [0.5, 0.6) is 0 Å². The fourth-order valence-corrected chi connectivity index (χ4v) is 5.01. The molecule has 3 heterocycles. The molecule has 34 heavy (non-hydrogen) atoms. The van der Waals surface area contributed by atoms with E-state index in [2.05, 4.69) is 48.4 Å². The lowest BCUT2D eigenvalue weighted by Gasteiger charge is -2.14. The maximum Gasteiger partial charge on any atom is 0.272 e. The van der Waals surface area contributed by atoms with Gasteiger partial charge in [-0.25, -0.2) is 0 Å². The molecule has 8 heteroatoms. The number of rotatable bonds is 11. The number of carbonyl (C=O) groups excluding carboxylic acids is 1. The molecule has 1 atom stereocenters. The molecule has 0 radical (unpaired) electrons. The summed E-state index contributed by atoms with van der Waals surface area (Å²) < 4.78 is 4.46. The SMILES string of the molecule is CC(C)CCn1c(=O)c2sccc2n2c(CCCC(=O)N[C@@H](C)CCc3ccccc3)nnc12. The van der Waals surface area contributed by atoms with Crippen molar-refractivity contribution in [2.75, 3.05) is 0 Å². The molecule has 180 valence electrons. The number of fused-ring (bicyclic) bond motifs is 3. The van der Waals surface area contributed by atoms with Gasteiger partial charge in [-0.05, 0) is 55.5 Å². The Labute approximate surface area is 203 Å². The number of nitrogens with zero attached hydrogens (tertiary/aromatic N) is 4. The van der Waals surface area contributed by atoms with Crippen LogP contribution >= 0.6 is 11.3 Å². The van der Waals surface area contributed by atoms with Crippen LogP contribution in [0.15, 0.2) is 46.6 Å². The van der Waals surface area contributed by atoms with E-state index in [0.29, 0.717) is 37.5 Å². The van der Waals surface area contributed by atoms with E-state index in [1.54, 1.807) is 4.57 Å². The smallest absolute Gasteiger partial charge is 0.272 e. The number of aryl methyl sites for hydroxylation is 3. The quantitative estimate of drug-likeness (QED) is 0.341. The summed E-state index contributed by atoms with van der Waals surface area (Å²) in [4.78, 5) is 25.5. The summed E-state index contributed by atoms with van der Waals surface area (Å²) in [7, 11) is 0. The topological polar surface area (TPSA) is 81.3 Å². The molecule has 4 aromatic rings. The number of nitrogens with one attached hydrogen (secondary N) is 1. The monoisotopic (exact) mass is 479 g/mol. The minimum absolute atomic E-state index is 0.000896. The Bertz CT molecular complexity index is 1310. The van der Waals surface area contributed by atoms with Gasteiger partial charge in [-0.3, -0.25) is 18.6 Å². The van der Waals surface area contributed by atoms with E-state index < -0.39 is 0 Å². The highest BCUT2D eigenvalue weighted by Gasteiger charge is 2.18. The molecule has 0 fully saturated rings. The fraction of sp³-hybridized carbons (Fsp3) is 0.462. The van der Waals surface area contributed by atoms with Crippen LogP contribution in [-0.2, 0) is 24.2 Å². The van der Waals surface area contributed by atoms with Crippen LogP contribution < -0.4 is 10.9 Å². The molecule has 0 aliphatic carbocycles. The summed E-state index contributed by atoms with van der Waals surface area (Å²) >= 11 is 1.45. The Kier molecular flexibility index (Phi) is 7.77. The number of amides is 1. The van der Waals surface area contributed by atoms with Crippen molar-refractivity contribution in [1.82, 2.24) is 24.5 Å². The maximum atomic E-state index is 13.0. The van der Waals surface area contributed by atoms with Gasteiger partial charge in [0.05, 0.1) is 5.52 Å². The lowest BCUT2D eigenvalue weighted by Crippen LogP contribution is -2.32. The number of hydrogen-bond donors (Lipinski definition) is 1. The third-order valence-electron chi connectivity index (χ3n) is 6.13. The Hall–Kier alpha value is -3.00. The summed E-state index contributed by atoms with van der Waals surface area (Å²) in [6, 6.07) is 12.4. The lowest BCUT2D eigenvalue weighted by molar-refractivity contribution is -0.121. The second-order valence-electron chi connectivity index (χ2n) is 9.37. The van der Waals surface area contributed by atoms with E-state index in [-0.39, 0.29) is 17.5 Å². The normalized spacial score (nSPS) is 12.6. The predicted molar refractivity (Wildman–Crippen MR) is 137 cm³/mol. The van der Waals surface area contributed by atoms with Crippen LogP contribution in [0, 0.1) is 5.92 Å². The zero-order valence-electron chi connectivity index (χ0n) is 20.2. The Morgan fingerprint density at radius 3 is 2.62 bits per heavy atom. The van der Waals surface area contributed by atoms with E-state index in [1.807, 2.05) is 34.0 Å². The first kappa shape index (κ1) is 24.1. The predicted octanol–water partition coefficient (Wildman–Crippen LogP) is 4.61. The number of thiophene rings is 1. The van der Waals surface area contributed by atoms with Gasteiger partial charge in [0.2, 0.25) is 11.7 Å². The molecule has 0 aliphatic rings. The molecule has 0 bridgehead atoms. The van der Waals surface area contributed by atoms with Gasteiger partial charge in [0.1, 0.15) is 10.5 Å². The van der Waals surface area contributed by atoms with Gasteiger partial charge in [-0.2, -0.15) is 0 Å². The van der Waals surface area contributed by atoms with Gasteiger partial charge in [0.15, 0.2) is 0 Å². The summed E-state index contributed by atoms with van der Waals surface area (Å²) in [5, 5.41) is 13.8. The van der Waals surface area contributed by atoms with Crippen molar-refractivity contribution in [3.05, 3.63) is 63.5 Å². The first-order chi connectivity index (χ1) is 16.4. The molecule has 0 saturated carbocycles. The second-order valence-corrected chi connectivity index (χ2v) is 10.3. The number of carbonyl (C=O) groups is 1. The van der Waals surface area contributed by atoms with Crippen LogP contribution in [0.2, 0.25) is 0 Å². The number of hydrogen-bond acceptors (Lipinski definition) is 5. The molecule has 7 nitrogen and oxygen atoms in total. The summed E-state index contributed by atoms with van der Waals surface area (Å²) in [6.45, 7) is 6.97. The third kappa shape index (κ3) is 5.55. The molecule has 1 N–H and O–H groups in total. The maximum absolute atomic E-state index is 13.0. The zero-order valence-corrected chi connectivity index (χ0v) is 21.0. The van der Waals surface area contributed by atoms with E-state index in [9.17, 15) is 9.59 Å². The van der Waals surface area contributed by atoms with Crippen LogP contribution in [-0.4, -0.2) is 31.1 Å². The lowest BCUT2D eigenvalue weighted by atomic mass is 10.1. The van der Waals surface area contributed by atoms with Crippen LogP contribution in [0.1, 0.15) is 57.8 Å². The van der Waals surface area contributed by atoms with Crippen molar-refractivity contribution in [2.45, 2.75) is 71.9 Å². The first-order valence-corrected chi connectivity index (χ1v) is 13.0. The van der Waals surface area contributed by atoms with Gasteiger partial charge in [0, 0.05) is 25.4 Å². The van der Waals surface area contributed by atoms with Crippen molar-refractivity contribution in [1.29, 1.82) is 0 Å². The van der Waals surface area contributed by atoms with E-state index in [4.69, 9.17) is 0 Å². The molecule has 1 aromatic carbocycles. The molecule has 0 saturated heterocycles. The fourth-order valence-electron chi connectivity index (χ4n) is 4.19. The van der Waals surface area contributed by atoms with Crippen molar-refractivity contribution in [3.63, 3.8) is 0 Å². The zero-order chi connectivity index (χ0) is 24.1. The van der Waals surface area contributed by atoms with Gasteiger partial charge < -0.3 is 5.32 Å². The number of benzene rings is 1. The molecule has 1 amide bonds. The summed E-state index contributed by atoms with van der Waals surface area (Å²) in [6.07, 6.45) is 4.49. The van der Waals surface area contributed by atoms with Crippen molar-refractivity contribution in [3.8, 4) is 0 Å². The second kappa shape index (κ2) is 11.0. The number of aromatic nitrogens is 4. The molecular formula is C26H33N5O2S. The Morgan fingerprint density at radius 2 is 1.85 bits per heavy atom. The van der Waals surface area contributed by atoms with E-state index >= 15 is 0 Å². The van der Waals surface area contributed by atoms with Crippen molar-refractivity contribution in [2.24, 2.45) is 5.92 Å². The minimum Gasteiger partial charge on any atom is -0.354 e. The Balaban J connectivity index is 1.39. The molecular weight excluding hydrogens is 446 g/mol. The van der Waals surface area contributed by atoms with Gasteiger partial charge in [-0.15, -0.1) is 21.5 Å². The van der Waals surface area contributed by atoms with Gasteiger partial charge in [0.25, 0.3) is 5.56 Å². The molecule has 0 aliphatic heterocycles. The van der Waals surface area contributed by atoms with Crippen molar-refractivity contribution < 1.29 is 4.79 Å². The highest BCUT2D eigenvalue weighted by Crippen LogP contribution is 2.21.